The first-order chi connectivity index (χ1) is 12.6. The summed E-state index contributed by atoms with van der Waals surface area (Å²) in [4.78, 5) is 12.9. The van der Waals surface area contributed by atoms with Crippen LogP contribution >= 0.6 is 11.6 Å². The zero-order valence-electron chi connectivity index (χ0n) is 14.9. The number of ether oxygens (including phenoxy) is 2. The Morgan fingerprint density at radius 3 is 2.15 bits per heavy atom. The Kier molecular flexibility index (Phi) is 5.79. The minimum Gasteiger partial charge on any atom is -0.493 e. The van der Waals surface area contributed by atoms with Crippen LogP contribution in [-0.4, -0.2) is 20.0 Å². The molecule has 0 atom stereocenters. The fourth-order valence-corrected chi connectivity index (χ4v) is 3.32. The first-order valence-corrected chi connectivity index (χ1v) is 8.92. The van der Waals surface area contributed by atoms with E-state index < -0.39 is 0 Å². The molecule has 26 heavy (non-hydrogen) atoms. The summed E-state index contributed by atoms with van der Waals surface area (Å²) in [6, 6.07) is 13.2. The summed E-state index contributed by atoms with van der Waals surface area (Å²) in [5.41, 5.74) is 3.52. The molecule has 134 valence electrons. The summed E-state index contributed by atoms with van der Waals surface area (Å²) in [5, 5.41) is 0.670. The van der Waals surface area contributed by atoms with Crippen molar-refractivity contribution in [1.82, 2.24) is 0 Å². The van der Waals surface area contributed by atoms with Gasteiger partial charge < -0.3 is 9.47 Å². The number of ketones is 1. The van der Waals surface area contributed by atoms with Crippen molar-refractivity contribution in [2.75, 3.05) is 14.2 Å². The third kappa shape index (κ3) is 4.17. The Morgan fingerprint density at radius 1 is 0.885 bits per heavy atom. The lowest BCUT2D eigenvalue weighted by Crippen LogP contribution is -2.12. The van der Waals surface area contributed by atoms with E-state index in [0.717, 1.165) is 41.5 Å². The summed E-state index contributed by atoms with van der Waals surface area (Å²) in [7, 11) is 3.21. The number of halogens is 1. The van der Waals surface area contributed by atoms with E-state index in [1.165, 1.54) is 0 Å². The molecule has 1 fully saturated rings. The molecule has 0 aromatic heterocycles. The lowest BCUT2D eigenvalue weighted by Gasteiger charge is -2.17. The van der Waals surface area contributed by atoms with Gasteiger partial charge in [0.15, 0.2) is 17.3 Å². The molecule has 3 rings (SSSR count). The SMILES string of the molecule is COc1ccc(/C=C2\CCC/C(=C\c3cccc(Cl)c3)C2=O)cc1OC. The van der Waals surface area contributed by atoms with Gasteiger partial charge in [0, 0.05) is 16.2 Å². The molecule has 0 radical (unpaired) electrons. The van der Waals surface area contributed by atoms with Crippen LogP contribution in [-0.2, 0) is 4.79 Å². The summed E-state index contributed by atoms with van der Waals surface area (Å²) >= 11 is 6.04. The first kappa shape index (κ1) is 18.3. The fraction of sp³-hybridized carbons (Fsp3) is 0.227. The van der Waals surface area contributed by atoms with E-state index in [0.29, 0.717) is 16.5 Å². The standard InChI is InChI=1S/C22H21ClO3/c1-25-20-10-9-16(14-21(20)26-2)12-18-7-4-6-17(22(18)24)11-15-5-3-8-19(23)13-15/h3,5,8-14H,4,6-7H2,1-2H3/b17-11+,18-12+. The molecule has 1 saturated carbocycles. The van der Waals surface area contributed by atoms with Crippen LogP contribution in [0, 0.1) is 0 Å². The predicted molar refractivity (Wildman–Crippen MR) is 106 cm³/mol. The van der Waals surface area contributed by atoms with Crippen LogP contribution < -0.4 is 9.47 Å². The van der Waals surface area contributed by atoms with Crippen molar-refractivity contribution in [3.63, 3.8) is 0 Å². The van der Waals surface area contributed by atoms with Crippen molar-refractivity contribution in [2.24, 2.45) is 0 Å². The Hall–Kier alpha value is -2.52. The van der Waals surface area contributed by atoms with E-state index in [1.54, 1.807) is 14.2 Å². The number of hydrogen-bond acceptors (Lipinski definition) is 3. The molecule has 2 aromatic carbocycles. The Morgan fingerprint density at radius 2 is 1.54 bits per heavy atom. The molecule has 0 amide bonds. The van der Waals surface area contributed by atoms with Gasteiger partial charge in [-0.05, 0) is 66.8 Å². The zero-order chi connectivity index (χ0) is 18.5. The molecule has 0 unspecified atom stereocenters. The second kappa shape index (κ2) is 8.24. The average molecular weight is 369 g/mol. The largest absolute Gasteiger partial charge is 0.493 e. The van der Waals surface area contributed by atoms with Crippen molar-refractivity contribution in [3.8, 4) is 11.5 Å². The molecule has 0 heterocycles. The van der Waals surface area contributed by atoms with Crippen LogP contribution in [0.25, 0.3) is 12.2 Å². The van der Waals surface area contributed by atoms with E-state index in [4.69, 9.17) is 21.1 Å². The lowest BCUT2D eigenvalue weighted by atomic mass is 9.87. The third-order valence-electron chi connectivity index (χ3n) is 4.41. The van der Waals surface area contributed by atoms with Crippen molar-refractivity contribution in [3.05, 3.63) is 69.8 Å². The lowest BCUT2D eigenvalue weighted by molar-refractivity contribution is -0.112. The molecule has 0 saturated heterocycles. The zero-order valence-corrected chi connectivity index (χ0v) is 15.7. The number of methoxy groups -OCH3 is 2. The minimum absolute atomic E-state index is 0.103. The highest BCUT2D eigenvalue weighted by atomic mass is 35.5. The normalized spacial score (nSPS) is 17.6. The van der Waals surface area contributed by atoms with Gasteiger partial charge in [-0.1, -0.05) is 29.8 Å². The predicted octanol–water partition coefficient (Wildman–Crippen LogP) is 5.58. The molecule has 1 aliphatic carbocycles. The Labute approximate surface area is 158 Å². The average Bonchev–Trinajstić information content (AvgIpc) is 2.65. The molecule has 3 nitrogen and oxygen atoms in total. The van der Waals surface area contributed by atoms with Crippen LogP contribution in [0.2, 0.25) is 5.02 Å². The third-order valence-corrected chi connectivity index (χ3v) is 4.65. The van der Waals surface area contributed by atoms with Gasteiger partial charge in [-0.15, -0.1) is 0 Å². The molecular formula is C22H21ClO3. The highest BCUT2D eigenvalue weighted by Gasteiger charge is 2.20. The van der Waals surface area contributed by atoms with Gasteiger partial charge in [0.05, 0.1) is 14.2 Å². The van der Waals surface area contributed by atoms with Gasteiger partial charge in [-0.2, -0.15) is 0 Å². The fourth-order valence-electron chi connectivity index (χ4n) is 3.12. The topological polar surface area (TPSA) is 35.5 Å². The van der Waals surface area contributed by atoms with E-state index in [2.05, 4.69) is 0 Å². The highest BCUT2D eigenvalue weighted by molar-refractivity contribution is 6.30. The van der Waals surface area contributed by atoms with Gasteiger partial charge in [0.2, 0.25) is 0 Å². The van der Waals surface area contributed by atoms with Crippen molar-refractivity contribution in [2.45, 2.75) is 19.3 Å². The van der Waals surface area contributed by atoms with E-state index in [1.807, 2.05) is 54.6 Å². The maximum absolute atomic E-state index is 12.9. The molecule has 0 spiro atoms. The number of hydrogen-bond donors (Lipinski definition) is 0. The van der Waals surface area contributed by atoms with E-state index in [-0.39, 0.29) is 5.78 Å². The molecular weight excluding hydrogens is 348 g/mol. The van der Waals surface area contributed by atoms with Gasteiger partial charge in [0.25, 0.3) is 0 Å². The first-order valence-electron chi connectivity index (χ1n) is 8.54. The quantitative estimate of drug-likeness (QED) is 0.661. The summed E-state index contributed by atoms with van der Waals surface area (Å²) < 4.78 is 10.6. The van der Waals surface area contributed by atoms with Gasteiger partial charge in [-0.25, -0.2) is 0 Å². The van der Waals surface area contributed by atoms with E-state index in [9.17, 15) is 4.79 Å². The van der Waals surface area contributed by atoms with Crippen LogP contribution in [0.5, 0.6) is 11.5 Å². The highest BCUT2D eigenvalue weighted by Crippen LogP contribution is 2.31. The van der Waals surface area contributed by atoms with Crippen molar-refractivity contribution < 1.29 is 14.3 Å². The van der Waals surface area contributed by atoms with Crippen LogP contribution in [0.4, 0.5) is 0 Å². The number of allylic oxidation sites excluding steroid dienone is 2. The molecule has 0 aliphatic heterocycles. The number of benzene rings is 2. The maximum atomic E-state index is 12.9. The molecule has 2 aromatic rings. The van der Waals surface area contributed by atoms with Crippen LogP contribution in [0.3, 0.4) is 0 Å². The summed E-state index contributed by atoms with van der Waals surface area (Å²) in [6.45, 7) is 0. The monoisotopic (exact) mass is 368 g/mol. The minimum atomic E-state index is 0.103. The second-order valence-corrected chi connectivity index (χ2v) is 6.63. The van der Waals surface area contributed by atoms with Crippen molar-refractivity contribution >= 4 is 29.5 Å². The molecule has 4 heteroatoms. The summed E-state index contributed by atoms with van der Waals surface area (Å²) in [5.74, 6) is 1.43. The van der Waals surface area contributed by atoms with Gasteiger partial charge >= 0.3 is 0 Å². The second-order valence-electron chi connectivity index (χ2n) is 6.19. The Balaban J connectivity index is 1.89. The molecule has 0 N–H and O–H groups in total. The number of Topliss-reactive ketones (excluding diaryl/α,β-unsaturated/α-hetero) is 1. The van der Waals surface area contributed by atoms with Crippen molar-refractivity contribution in [1.29, 1.82) is 0 Å². The molecule has 1 aliphatic rings. The number of carbonyl (C=O) groups excluding carboxylic acids is 1. The van der Waals surface area contributed by atoms with Crippen LogP contribution in [0.15, 0.2) is 53.6 Å². The Bertz CT molecular complexity index is 881. The van der Waals surface area contributed by atoms with Crippen LogP contribution in [0.1, 0.15) is 30.4 Å². The summed E-state index contributed by atoms with van der Waals surface area (Å²) in [6.07, 6.45) is 6.40. The molecule has 0 bridgehead atoms. The maximum Gasteiger partial charge on any atom is 0.185 e. The van der Waals surface area contributed by atoms with E-state index >= 15 is 0 Å². The number of rotatable bonds is 4. The number of carbonyl (C=O) groups is 1. The smallest absolute Gasteiger partial charge is 0.185 e. The van der Waals surface area contributed by atoms with Gasteiger partial charge in [0.1, 0.15) is 0 Å². The van der Waals surface area contributed by atoms with Gasteiger partial charge in [-0.3, -0.25) is 4.79 Å².